The van der Waals surface area contributed by atoms with Crippen molar-refractivity contribution in [1.82, 2.24) is 5.32 Å². The Hall–Kier alpha value is -2.13. The highest BCUT2D eigenvalue weighted by Gasteiger charge is 2.20. The van der Waals surface area contributed by atoms with Crippen molar-refractivity contribution < 1.29 is 36.6 Å². The molecule has 21 heavy (non-hydrogen) atoms. The molecule has 1 fully saturated rings. The molecule has 0 aliphatic carbocycles. The first kappa shape index (κ1) is 18.9. The zero-order valence-corrected chi connectivity index (χ0v) is 11.2. The van der Waals surface area contributed by atoms with Gasteiger partial charge in [0, 0.05) is 18.1 Å². The molecule has 2 heterocycles. The van der Waals surface area contributed by atoms with Crippen molar-refractivity contribution in [3.63, 3.8) is 0 Å². The highest BCUT2D eigenvalue weighted by atomic mass is 19.5. The molecule has 2 N–H and O–H groups in total. The minimum absolute atomic E-state index is 0.167. The molecule has 10 heteroatoms. The number of aromatic nitrogens is 1. The van der Waals surface area contributed by atoms with Crippen molar-refractivity contribution >= 4 is 19.1 Å². The van der Waals surface area contributed by atoms with Crippen molar-refractivity contribution in [2.75, 3.05) is 13.7 Å². The van der Waals surface area contributed by atoms with Crippen LogP contribution in [0.3, 0.4) is 0 Å². The molecule has 0 atom stereocenters. The van der Waals surface area contributed by atoms with Gasteiger partial charge >= 0.3 is 13.2 Å². The van der Waals surface area contributed by atoms with Crippen LogP contribution >= 0.6 is 0 Å². The van der Waals surface area contributed by atoms with E-state index in [0.29, 0.717) is 13.0 Å². The lowest BCUT2D eigenvalue weighted by Gasteiger charge is -1.96. The molecule has 1 amide bonds. The van der Waals surface area contributed by atoms with Gasteiger partial charge in [0.05, 0.1) is 13.7 Å². The van der Waals surface area contributed by atoms with Gasteiger partial charge in [0.1, 0.15) is 0 Å². The van der Waals surface area contributed by atoms with Gasteiger partial charge in [0.2, 0.25) is 5.91 Å². The van der Waals surface area contributed by atoms with E-state index >= 15 is 0 Å². The molecule has 0 aromatic carbocycles. The van der Waals surface area contributed by atoms with Gasteiger partial charge in [-0.15, -0.1) is 0 Å². The lowest BCUT2D eigenvalue weighted by atomic mass is 10.2. The minimum atomic E-state index is -6.00. The smallest absolute Gasteiger partial charge is 0.469 e. The summed E-state index contributed by atoms with van der Waals surface area (Å²) < 4.78 is 43.5. The number of pyridine rings is 1. The molecule has 0 spiro atoms. The van der Waals surface area contributed by atoms with Gasteiger partial charge in [-0.3, -0.25) is 9.59 Å². The van der Waals surface area contributed by atoms with Gasteiger partial charge in [-0.25, -0.2) is 4.98 Å². The molecule has 1 aliphatic heterocycles. The number of hydrogen-bond acceptors (Lipinski definition) is 3. The normalized spacial score (nSPS) is 12.0. The maximum Gasteiger partial charge on any atom is 0.673 e. The fraction of sp³-hybridized carbons (Fsp3) is 0.364. The van der Waals surface area contributed by atoms with Gasteiger partial charge in [-0.2, -0.15) is 0 Å². The Morgan fingerprint density at radius 2 is 1.95 bits per heavy atom. The first-order valence-corrected chi connectivity index (χ1v) is 5.88. The number of hydrogen-bond donors (Lipinski definition) is 1. The number of amides is 1. The van der Waals surface area contributed by atoms with Gasteiger partial charge in [0.15, 0.2) is 12.4 Å². The molecule has 118 valence electrons. The molecule has 5 nitrogen and oxygen atoms in total. The van der Waals surface area contributed by atoms with Crippen molar-refractivity contribution in [3.8, 4) is 0 Å². The Bertz CT molecular complexity index is 431. The molecule has 1 aliphatic rings. The zero-order chi connectivity index (χ0) is 16.3. The third-order valence-corrected chi connectivity index (χ3v) is 1.94. The third kappa shape index (κ3) is 17.9. The number of carbonyl (C=O) groups excluding carboxylic acids is 2. The van der Waals surface area contributed by atoms with E-state index in [1.54, 1.807) is 0 Å². The van der Waals surface area contributed by atoms with Crippen LogP contribution in [-0.2, 0) is 20.7 Å². The Kier molecular flexibility index (Phi) is 8.74. The van der Waals surface area contributed by atoms with E-state index in [0.717, 1.165) is 12.0 Å². The lowest BCUT2D eigenvalue weighted by Crippen LogP contribution is -2.05. The quantitative estimate of drug-likeness (QED) is 0.392. The van der Waals surface area contributed by atoms with Gasteiger partial charge in [0.25, 0.3) is 0 Å². The highest BCUT2D eigenvalue weighted by molar-refractivity contribution is 6.50. The molecule has 1 aromatic heterocycles. The maximum atomic E-state index is 10.8. The third-order valence-electron chi connectivity index (χ3n) is 1.94. The summed E-state index contributed by atoms with van der Waals surface area (Å²) in [6.45, 7) is 0.597. The Morgan fingerprint density at radius 1 is 1.43 bits per heavy atom. The molecule has 0 bridgehead atoms. The van der Waals surface area contributed by atoms with Crippen LogP contribution in [0.1, 0.15) is 12.0 Å². The predicted octanol–water partition coefficient (Wildman–Crippen LogP) is 1.02. The van der Waals surface area contributed by atoms with E-state index in [1.165, 1.54) is 7.11 Å². The first-order valence-electron chi connectivity index (χ1n) is 5.88. The number of esters is 1. The summed E-state index contributed by atoms with van der Waals surface area (Å²) in [6, 6.07) is 3.88. The highest BCUT2D eigenvalue weighted by Crippen LogP contribution is 2.06. The average molecular weight is 310 g/mol. The number of rotatable bonds is 3. The second-order valence-electron chi connectivity index (χ2n) is 3.76. The largest absolute Gasteiger partial charge is 0.673 e. The molecule has 0 unspecified atom stereocenters. The molecule has 0 saturated carbocycles. The van der Waals surface area contributed by atoms with Crippen molar-refractivity contribution in [2.45, 2.75) is 12.8 Å². The van der Waals surface area contributed by atoms with Gasteiger partial charge < -0.3 is 27.3 Å². The van der Waals surface area contributed by atoms with Crippen molar-refractivity contribution in [3.05, 3.63) is 30.1 Å². The number of halogens is 4. The van der Waals surface area contributed by atoms with Gasteiger partial charge in [-0.05, 0) is 12.5 Å². The van der Waals surface area contributed by atoms with Crippen LogP contribution < -0.4 is 10.3 Å². The van der Waals surface area contributed by atoms with E-state index in [9.17, 15) is 26.9 Å². The molecule has 1 saturated heterocycles. The Morgan fingerprint density at radius 3 is 2.29 bits per heavy atom. The Balaban J connectivity index is 0.000000364. The number of methoxy groups -OCH3 is 1. The van der Waals surface area contributed by atoms with Crippen LogP contribution in [0.4, 0.5) is 17.3 Å². The van der Waals surface area contributed by atoms with E-state index in [-0.39, 0.29) is 11.9 Å². The number of H-pyrrole nitrogens is 1. The number of aryl methyl sites for hydroxylation is 1. The summed E-state index contributed by atoms with van der Waals surface area (Å²) in [6.07, 6.45) is 4.88. The van der Waals surface area contributed by atoms with Crippen LogP contribution in [-0.4, -0.2) is 32.8 Å². The zero-order valence-electron chi connectivity index (χ0n) is 11.2. The molecular formula is C11H15BF4N2O3. The Labute approximate surface area is 118 Å². The number of carbonyl (C=O) groups is 2. The minimum Gasteiger partial charge on any atom is -0.469 e. The van der Waals surface area contributed by atoms with E-state index < -0.39 is 7.25 Å². The van der Waals surface area contributed by atoms with Crippen molar-refractivity contribution in [2.24, 2.45) is 0 Å². The average Bonchev–Trinajstić information content (AvgIpc) is 3.18. The monoisotopic (exact) mass is 310 g/mol. The lowest BCUT2D eigenvalue weighted by molar-refractivity contribution is -0.378. The number of ether oxygens (including phenoxy) is 1. The van der Waals surface area contributed by atoms with E-state index in [1.807, 2.05) is 24.5 Å². The summed E-state index contributed by atoms with van der Waals surface area (Å²) in [4.78, 5) is 23.1. The standard InChI is InChI=1S/C9H11NO2.C2H3NO.BF4/c1-12-9(11)5-4-8-3-2-6-10-7-8;4-2-1-3-2;2-1(3,4)5/h2-3,6-7H,4-5H2,1H3;1H2,(H,3,4);/q;;-1/p+1. The molecule has 0 radical (unpaired) electrons. The second-order valence-corrected chi connectivity index (χ2v) is 3.76. The summed E-state index contributed by atoms with van der Waals surface area (Å²) in [5, 5.41) is 2.46. The van der Waals surface area contributed by atoms with Crippen LogP contribution in [0, 0.1) is 0 Å². The topological polar surface area (TPSA) is 79.5 Å². The SMILES string of the molecule is COC(=O)CCc1ccc[nH+]c1.F[B-](F)(F)F.O=C1CN1. The summed E-state index contributed by atoms with van der Waals surface area (Å²) >= 11 is 0. The van der Waals surface area contributed by atoms with Crippen LogP contribution in [0.2, 0.25) is 0 Å². The van der Waals surface area contributed by atoms with E-state index in [2.05, 4.69) is 15.0 Å². The van der Waals surface area contributed by atoms with Gasteiger partial charge in [-0.1, -0.05) is 0 Å². The summed E-state index contributed by atoms with van der Waals surface area (Å²) in [7, 11) is -4.60. The fourth-order valence-electron chi connectivity index (χ4n) is 0.971. The molecular weight excluding hydrogens is 295 g/mol. The fourth-order valence-corrected chi connectivity index (χ4v) is 0.971. The van der Waals surface area contributed by atoms with Crippen molar-refractivity contribution in [1.29, 1.82) is 0 Å². The second kappa shape index (κ2) is 9.73. The molecule has 2 rings (SSSR count). The maximum absolute atomic E-state index is 10.8. The summed E-state index contributed by atoms with van der Waals surface area (Å²) in [5.74, 6) is -0.00106. The summed E-state index contributed by atoms with van der Waals surface area (Å²) in [5.41, 5.74) is 1.11. The predicted molar refractivity (Wildman–Crippen MR) is 66.5 cm³/mol. The van der Waals surface area contributed by atoms with Crippen LogP contribution in [0.5, 0.6) is 0 Å². The van der Waals surface area contributed by atoms with E-state index in [4.69, 9.17) is 0 Å². The first-order chi connectivity index (χ1) is 9.72. The van der Waals surface area contributed by atoms with Crippen LogP contribution in [0.25, 0.3) is 0 Å². The number of aromatic amines is 1. The number of nitrogens with one attached hydrogen (secondary N) is 2. The molecule has 1 aromatic rings. The van der Waals surface area contributed by atoms with Crippen LogP contribution in [0.15, 0.2) is 24.5 Å².